The average molecular weight is 333 g/mol. The van der Waals surface area contributed by atoms with Gasteiger partial charge in [-0.3, -0.25) is 19.2 Å². The molecule has 0 aliphatic carbocycles. The van der Waals surface area contributed by atoms with Crippen LogP contribution in [0.2, 0.25) is 0 Å². The van der Waals surface area contributed by atoms with Gasteiger partial charge in [-0.25, -0.2) is 0 Å². The van der Waals surface area contributed by atoms with Gasteiger partial charge in [-0.05, 0) is 51.3 Å². The molecule has 132 valence electrons. The Bertz CT molecular complexity index is 592. The van der Waals surface area contributed by atoms with Crippen molar-refractivity contribution in [2.24, 2.45) is 18.7 Å². The van der Waals surface area contributed by atoms with Gasteiger partial charge in [-0.15, -0.1) is 0 Å². The SMILES string of the molecule is Cn1ccc([C@H]2CCCCN2C(=O)CN2CCC(C(N)=O)CC2)n1. The number of aromatic nitrogens is 2. The Balaban J connectivity index is 1.60. The lowest BCUT2D eigenvalue weighted by Gasteiger charge is -2.37. The van der Waals surface area contributed by atoms with Crippen LogP contribution in [0.25, 0.3) is 0 Å². The summed E-state index contributed by atoms with van der Waals surface area (Å²) in [5.74, 6) is -0.0808. The highest BCUT2D eigenvalue weighted by Crippen LogP contribution is 2.30. The van der Waals surface area contributed by atoms with Gasteiger partial charge in [0.2, 0.25) is 11.8 Å². The molecule has 2 saturated heterocycles. The Morgan fingerprint density at radius 1 is 1.21 bits per heavy atom. The van der Waals surface area contributed by atoms with Crippen molar-refractivity contribution in [3.8, 4) is 0 Å². The van der Waals surface area contributed by atoms with Crippen molar-refractivity contribution in [3.05, 3.63) is 18.0 Å². The van der Waals surface area contributed by atoms with Gasteiger partial charge >= 0.3 is 0 Å². The summed E-state index contributed by atoms with van der Waals surface area (Å²) in [6.45, 7) is 2.76. The van der Waals surface area contributed by atoms with Gasteiger partial charge in [0, 0.05) is 25.7 Å². The molecule has 2 N–H and O–H groups in total. The first-order valence-corrected chi connectivity index (χ1v) is 8.85. The monoisotopic (exact) mass is 333 g/mol. The molecule has 3 heterocycles. The summed E-state index contributed by atoms with van der Waals surface area (Å²) in [6, 6.07) is 2.10. The standard InChI is InChI=1S/C17H27N5O2/c1-20-9-7-14(19-20)15-4-2-3-8-22(15)16(23)12-21-10-5-13(6-11-21)17(18)24/h7,9,13,15H,2-6,8,10-12H2,1H3,(H2,18,24)/t15-/m1/s1. The predicted octanol–water partition coefficient (Wildman–Crippen LogP) is 0.671. The smallest absolute Gasteiger partial charge is 0.237 e. The van der Waals surface area contributed by atoms with Crippen LogP contribution in [0, 0.1) is 5.92 Å². The van der Waals surface area contributed by atoms with Gasteiger partial charge in [-0.2, -0.15) is 5.10 Å². The third-order valence-electron chi connectivity index (χ3n) is 5.25. The molecule has 0 radical (unpaired) electrons. The number of nitrogens with zero attached hydrogens (tertiary/aromatic N) is 4. The molecular weight excluding hydrogens is 306 g/mol. The number of hydrogen-bond donors (Lipinski definition) is 1. The largest absolute Gasteiger partial charge is 0.369 e. The summed E-state index contributed by atoms with van der Waals surface area (Å²) in [5, 5.41) is 4.50. The lowest BCUT2D eigenvalue weighted by molar-refractivity contribution is -0.136. The van der Waals surface area contributed by atoms with Crippen LogP contribution in [-0.4, -0.2) is 57.6 Å². The van der Waals surface area contributed by atoms with Crippen molar-refractivity contribution in [1.82, 2.24) is 19.6 Å². The molecule has 2 aliphatic heterocycles. The number of carbonyl (C=O) groups is 2. The van der Waals surface area contributed by atoms with Crippen molar-refractivity contribution >= 4 is 11.8 Å². The van der Waals surface area contributed by atoms with Gasteiger partial charge < -0.3 is 10.6 Å². The van der Waals surface area contributed by atoms with Crippen LogP contribution in [-0.2, 0) is 16.6 Å². The minimum absolute atomic E-state index is 0.0346. The molecule has 2 amide bonds. The predicted molar refractivity (Wildman–Crippen MR) is 89.9 cm³/mol. The highest BCUT2D eigenvalue weighted by atomic mass is 16.2. The van der Waals surface area contributed by atoms with Gasteiger partial charge in [-0.1, -0.05) is 0 Å². The highest BCUT2D eigenvalue weighted by molar-refractivity contribution is 5.79. The second-order valence-electron chi connectivity index (χ2n) is 6.97. The third kappa shape index (κ3) is 3.77. The first kappa shape index (κ1) is 17.0. The van der Waals surface area contributed by atoms with Crippen LogP contribution in [0.4, 0.5) is 0 Å². The van der Waals surface area contributed by atoms with E-state index >= 15 is 0 Å². The van der Waals surface area contributed by atoms with Crippen LogP contribution < -0.4 is 5.73 Å². The summed E-state index contributed by atoms with van der Waals surface area (Å²) < 4.78 is 1.79. The van der Waals surface area contributed by atoms with E-state index in [0.717, 1.165) is 57.4 Å². The summed E-state index contributed by atoms with van der Waals surface area (Å²) in [6.07, 6.45) is 6.61. The van der Waals surface area contributed by atoms with E-state index in [1.165, 1.54) is 0 Å². The van der Waals surface area contributed by atoms with Gasteiger partial charge in [0.1, 0.15) is 0 Å². The Morgan fingerprint density at radius 2 is 1.96 bits per heavy atom. The zero-order chi connectivity index (χ0) is 17.1. The average Bonchev–Trinajstić information content (AvgIpc) is 3.01. The number of primary amides is 1. The van der Waals surface area contributed by atoms with Crippen molar-refractivity contribution < 1.29 is 9.59 Å². The zero-order valence-corrected chi connectivity index (χ0v) is 14.4. The molecular formula is C17H27N5O2. The molecule has 3 rings (SSSR count). The summed E-state index contributed by atoms with van der Waals surface area (Å²) >= 11 is 0. The van der Waals surface area contributed by atoms with Crippen LogP contribution >= 0.6 is 0 Å². The Kier molecular flexibility index (Phi) is 5.18. The molecule has 7 nitrogen and oxygen atoms in total. The van der Waals surface area contributed by atoms with E-state index in [-0.39, 0.29) is 23.8 Å². The molecule has 7 heteroatoms. The minimum Gasteiger partial charge on any atom is -0.369 e. The fraction of sp³-hybridized carbons (Fsp3) is 0.706. The van der Waals surface area contributed by atoms with Crippen LogP contribution in [0.1, 0.15) is 43.8 Å². The molecule has 1 aromatic heterocycles. The Labute approximate surface area is 142 Å². The van der Waals surface area contributed by atoms with Crippen molar-refractivity contribution in [3.63, 3.8) is 0 Å². The second kappa shape index (κ2) is 7.34. The lowest BCUT2D eigenvalue weighted by atomic mass is 9.96. The summed E-state index contributed by atoms with van der Waals surface area (Å²) in [5.41, 5.74) is 6.36. The number of aryl methyl sites for hydroxylation is 1. The van der Waals surface area contributed by atoms with Gasteiger partial charge in [0.25, 0.3) is 0 Å². The fourth-order valence-electron chi connectivity index (χ4n) is 3.81. The number of likely N-dealkylation sites (tertiary alicyclic amines) is 2. The van der Waals surface area contributed by atoms with Gasteiger partial charge in [0.05, 0.1) is 18.3 Å². The first-order valence-electron chi connectivity index (χ1n) is 8.85. The molecule has 2 fully saturated rings. The van der Waals surface area contributed by atoms with E-state index < -0.39 is 0 Å². The Hall–Kier alpha value is -1.89. The lowest BCUT2D eigenvalue weighted by Crippen LogP contribution is -2.47. The van der Waals surface area contributed by atoms with Crippen LogP contribution in [0.15, 0.2) is 12.3 Å². The summed E-state index contributed by atoms with van der Waals surface area (Å²) in [7, 11) is 1.90. The molecule has 1 aromatic rings. The molecule has 0 spiro atoms. The topological polar surface area (TPSA) is 84.5 Å². The third-order valence-corrected chi connectivity index (χ3v) is 5.25. The number of nitrogens with two attached hydrogens (primary N) is 1. The number of piperidine rings is 2. The number of hydrogen-bond acceptors (Lipinski definition) is 4. The molecule has 24 heavy (non-hydrogen) atoms. The highest BCUT2D eigenvalue weighted by Gasteiger charge is 2.31. The molecule has 0 saturated carbocycles. The number of rotatable bonds is 4. The van der Waals surface area contributed by atoms with Gasteiger partial charge in [0.15, 0.2) is 0 Å². The van der Waals surface area contributed by atoms with E-state index in [1.54, 1.807) is 4.68 Å². The molecule has 1 atom stereocenters. The normalized spacial score (nSPS) is 23.4. The van der Waals surface area contributed by atoms with E-state index in [0.29, 0.717) is 6.54 Å². The number of carbonyl (C=O) groups excluding carboxylic acids is 2. The van der Waals surface area contributed by atoms with Crippen LogP contribution in [0.5, 0.6) is 0 Å². The fourth-order valence-corrected chi connectivity index (χ4v) is 3.81. The van der Waals surface area contributed by atoms with E-state index in [2.05, 4.69) is 10.00 Å². The molecule has 0 unspecified atom stereocenters. The van der Waals surface area contributed by atoms with E-state index in [1.807, 2.05) is 24.2 Å². The quantitative estimate of drug-likeness (QED) is 0.878. The van der Waals surface area contributed by atoms with E-state index in [9.17, 15) is 9.59 Å². The molecule has 0 bridgehead atoms. The zero-order valence-electron chi connectivity index (χ0n) is 14.4. The Morgan fingerprint density at radius 3 is 2.58 bits per heavy atom. The van der Waals surface area contributed by atoms with Crippen LogP contribution in [0.3, 0.4) is 0 Å². The van der Waals surface area contributed by atoms with E-state index in [4.69, 9.17) is 5.73 Å². The molecule has 0 aromatic carbocycles. The minimum atomic E-state index is -0.216. The maximum atomic E-state index is 12.8. The first-order chi connectivity index (χ1) is 11.5. The van der Waals surface area contributed by atoms with Crippen molar-refractivity contribution in [1.29, 1.82) is 0 Å². The summed E-state index contributed by atoms with van der Waals surface area (Å²) in [4.78, 5) is 28.2. The number of amides is 2. The maximum absolute atomic E-state index is 12.8. The van der Waals surface area contributed by atoms with Crippen molar-refractivity contribution in [2.45, 2.75) is 38.1 Å². The second-order valence-corrected chi connectivity index (χ2v) is 6.97. The van der Waals surface area contributed by atoms with Crippen molar-refractivity contribution in [2.75, 3.05) is 26.2 Å². The maximum Gasteiger partial charge on any atom is 0.237 e. The molecule has 2 aliphatic rings.